The van der Waals surface area contributed by atoms with Gasteiger partial charge in [-0.25, -0.2) is 4.98 Å². The molecule has 0 atom stereocenters. The van der Waals surface area contributed by atoms with Crippen LogP contribution < -0.4 is 10.1 Å². The molecule has 0 saturated carbocycles. The SMILES string of the molecule is COc1cccc(CNc2nccc(Br)c2[N+](=O)[O-])c1. The fraction of sp³-hybridized carbons (Fsp3) is 0.154. The Morgan fingerprint density at radius 2 is 2.25 bits per heavy atom. The van der Waals surface area contributed by atoms with E-state index in [0.29, 0.717) is 11.0 Å². The number of rotatable bonds is 5. The number of nitro groups is 1. The Balaban J connectivity index is 2.18. The average molecular weight is 338 g/mol. The molecule has 0 unspecified atom stereocenters. The van der Waals surface area contributed by atoms with E-state index in [2.05, 4.69) is 26.2 Å². The maximum atomic E-state index is 11.0. The molecule has 6 nitrogen and oxygen atoms in total. The number of anilines is 1. The van der Waals surface area contributed by atoms with Gasteiger partial charge in [0.1, 0.15) is 10.2 Å². The molecule has 1 aromatic heterocycles. The third kappa shape index (κ3) is 3.24. The Morgan fingerprint density at radius 1 is 1.45 bits per heavy atom. The first kappa shape index (κ1) is 14.3. The van der Waals surface area contributed by atoms with Crippen LogP contribution in [0.15, 0.2) is 41.0 Å². The van der Waals surface area contributed by atoms with Gasteiger partial charge in [-0.05, 0) is 39.7 Å². The smallest absolute Gasteiger partial charge is 0.325 e. The fourth-order valence-corrected chi connectivity index (χ4v) is 2.15. The zero-order valence-electron chi connectivity index (χ0n) is 10.7. The molecule has 0 radical (unpaired) electrons. The Labute approximate surface area is 124 Å². The van der Waals surface area contributed by atoms with Crippen molar-refractivity contribution in [1.29, 1.82) is 0 Å². The monoisotopic (exact) mass is 337 g/mol. The highest BCUT2D eigenvalue weighted by Gasteiger charge is 2.19. The quantitative estimate of drug-likeness (QED) is 0.668. The highest BCUT2D eigenvalue weighted by Crippen LogP contribution is 2.30. The number of hydrogen-bond acceptors (Lipinski definition) is 5. The van der Waals surface area contributed by atoms with E-state index in [0.717, 1.165) is 11.3 Å². The highest BCUT2D eigenvalue weighted by atomic mass is 79.9. The van der Waals surface area contributed by atoms with Crippen molar-refractivity contribution < 1.29 is 9.66 Å². The van der Waals surface area contributed by atoms with Gasteiger partial charge in [-0.1, -0.05) is 12.1 Å². The van der Waals surface area contributed by atoms with Gasteiger partial charge in [0.15, 0.2) is 0 Å². The summed E-state index contributed by atoms with van der Waals surface area (Å²) in [7, 11) is 1.59. The first-order chi connectivity index (χ1) is 9.61. The molecule has 0 aliphatic carbocycles. The zero-order valence-corrected chi connectivity index (χ0v) is 12.3. The molecule has 104 valence electrons. The Morgan fingerprint density at radius 3 is 2.95 bits per heavy atom. The van der Waals surface area contributed by atoms with Crippen molar-refractivity contribution in [2.24, 2.45) is 0 Å². The number of benzene rings is 1. The maximum absolute atomic E-state index is 11.0. The van der Waals surface area contributed by atoms with Crippen LogP contribution in [0.1, 0.15) is 5.56 Å². The lowest BCUT2D eigenvalue weighted by Crippen LogP contribution is -2.05. The third-order valence-corrected chi connectivity index (χ3v) is 3.29. The molecule has 0 fully saturated rings. The summed E-state index contributed by atoms with van der Waals surface area (Å²) in [4.78, 5) is 14.6. The normalized spacial score (nSPS) is 10.1. The number of pyridine rings is 1. The second kappa shape index (κ2) is 6.33. The number of methoxy groups -OCH3 is 1. The van der Waals surface area contributed by atoms with Crippen LogP contribution in [0.2, 0.25) is 0 Å². The van der Waals surface area contributed by atoms with Gasteiger partial charge < -0.3 is 10.1 Å². The number of aromatic nitrogens is 1. The minimum absolute atomic E-state index is 0.0737. The van der Waals surface area contributed by atoms with Gasteiger partial charge in [-0.3, -0.25) is 10.1 Å². The lowest BCUT2D eigenvalue weighted by molar-refractivity contribution is -0.385. The molecule has 0 saturated heterocycles. The predicted molar refractivity (Wildman–Crippen MR) is 78.9 cm³/mol. The van der Waals surface area contributed by atoms with E-state index in [1.807, 2.05) is 24.3 Å². The summed E-state index contributed by atoms with van der Waals surface area (Å²) in [6.45, 7) is 0.418. The molecule has 1 aromatic carbocycles. The first-order valence-electron chi connectivity index (χ1n) is 5.77. The van der Waals surface area contributed by atoms with Gasteiger partial charge >= 0.3 is 5.69 Å². The standard InChI is InChI=1S/C13H12BrN3O3/c1-20-10-4-2-3-9(7-10)8-16-13-12(17(18)19)11(14)5-6-15-13/h2-7H,8H2,1H3,(H,15,16). The van der Waals surface area contributed by atoms with Crippen LogP contribution in [-0.4, -0.2) is 17.0 Å². The van der Waals surface area contributed by atoms with E-state index < -0.39 is 4.92 Å². The Kier molecular flexibility index (Phi) is 4.52. The maximum Gasteiger partial charge on any atom is 0.325 e. The van der Waals surface area contributed by atoms with Gasteiger partial charge in [0, 0.05) is 12.7 Å². The van der Waals surface area contributed by atoms with Crippen LogP contribution >= 0.6 is 15.9 Å². The third-order valence-electron chi connectivity index (χ3n) is 2.65. The number of nitrogens with one attached hydrogen (secondary N) is 1. The van der Waals surface area contributed by atoms with Gasteiger partial charge in [-0.15, -0.1) is 0 Å². The molecule has 2 aromatic rings. The topological polar surface area (TPSA) is 77.3 Å². The molecule has 7 heteroatoms. The molecule has 0 aliphatic heterocycles. The molecule has 0 bridgehead atoms. The zero-order chi connectivity index (χ0) is 14.5. The summed E-state index contributed by atoms with van der Waals surface area (Å²) >= 11 is 3.16. The van der Waals surface area contributed by atoms with Crippen molar-refractivity contribution in [2.75, 3.05) is 12.4 Å². The fourth-order valence-electron chi connectivity index (χ4n) is 1.70. The second-order valence-electron chi connectivity index (χ2n) is 3.95. The van der Waals surface area contributed by atoms with Crippen molar-refractivity contribution in [2.45, 2.75) is 6.54 Å². The van der Waals surface area contributed by atoms with E-state index in [1.165, 1.54) is 12.3 Å². The van der Waals surface area contributed by atoms with Gasteiger partial charge in [0.2, 0.25) is 5.82 Å². The van der Waals surface area contributed by atoms with Gasteiger partial charge in [-0.2, -0.15) is 0 Å². The van der Waals surface area contributed by atoms with Crippen molar-refractivity contribution in [3.05, 3.63) is 56.7 Å². The van der Waals surface area contributed by atoms with Crippen LogP contribution in [0.3, 0.4) is 0 Å². The minimum atomic E-state index is -0.467. The predicted octanol–water partition coefficient (Wildman–Crippen LogP) is 3.37. The van der Waals surface area contributed by atoms with E-state index in [9.17, 15) is 10.1 Å². The summed E-state index contributed by atoms with van der Waals surface area (Å²) in [5.41, 5.74) is 0.871. The minimum Gasteiger partial charge on any atom is -0.497 e. The highest BCUT2D eigenvalue weighted by molar-refractivity contribution is 9.10. The Bertz CT molecular complexity index is 634. The first-order valence-corrected chi connectivity index (χ1v) is 6.57. The van der Waals surface area contributed by atoms with Crippen LogP contribution in [0.4, 0.5) is 11.5 Å². The molecular formula is C13H12BrN3O3. The molecule has 20 heavy (non-hydrogen) atoms. The molecular weight excluding hydrogens is 326 g/mol. The molecule has 0 spiro atoms. The number of halogens is 1. The van der Waals surface area contributed by atoms with Gasteiger partial charge in [0.25, 0.3) is 0 Å². The summed E-state index contributed by atoms with van der Waals surface area (Å²) < 4.78 is 5.52. The molecule has 0 amide bonds. The van der Waals surface area contributed by atoms with Crippen molar-refractivity contribution >= 4 is 27.4 Å². The average Bonchev–Trinajstić information content (AvgIpc) is 2.45. The van der Waals surface area contributed by atoms with Crippen molar-refractivity contribution in [3.63, 3.8) is 0 Å². The second-order valence-corrected chi connectivity index (χ2v) is 4.81. The van der Waals surface area contributed by atoms with Crippen molar-refractivity contribution in [3.8, 4) is 5.75 Å². The summed E-state index contributed by atoms with van der Waals surface area (Å²) in [5.74, 6) is 0.966. The van der Waals surface area contributed by atoms with E-state index >= 15 is 0 Å². The summed E-state index contributed by atoms with van der Waals surface area (Å²) in [6, 6.07) is 8.99. The van der Waals surface area contributed by atoms with E-state index in [1.54, 1.807) is 7.11 Å². The molecule has 1 heterocycles. The lowest BCUT2D eigenvalue weighted by atomic mass is 10.2. The summed E-state index contributed by atoms with van der Waals surface area (Å²) in [5, 5.41) is 14.0. The van der Waals surface area contributed by atoms with E-state index in [-0.39, 0.29) is 11.5 Å². The van der Waals surface area contributed by atoms with Crippen LogP contribution in [0, 0.1) is 10.1 Å². The largest absolute Gasteiger partial charge is 0.497 e. The van der Waals surface area contributed by atoms with E-state index in [4.69, 9.17) is 4.74 Å². The molecule has 2 rings (SSSR count). The lowest BCUT2D eigenvalue weighted by Gasteiger charge is -2.08. The molecule has 0 aliphatic rings. The number of ether oxygens (including phenoxy) is 1. The molecule has 1 N–H and O–H groups in total. The van der Waals surface area contributed by atoms with Crippen LogP contribution in [0.5, 0.6) is 5.75 Å². The number of hydrogen-bond donors (Lipinski definition) is 1. The van der Waals surface area contributed by atoms with Crippen LogP contribution in [-0.2, 0) is 6.54 Å². The number of nitrogens with zero attached hydrogens (tertiary/aromatic N) is 2. The van der Waals surface area contributed by atoms with Crippen LogP contribution in [0.25, 0.3) is 0 Å². The van der Waals surface area contributed by atoms with Gasteiger partial charge in [0.05, 0.1) is 12.0 Å². The van der Waals surface area contributed by atoms with Crippen molar-refractivity contribution in [1.82, 2.24) is 4.98 Å². The Hall–Kier alpha value is -2.15. The summed E-state index contributed by atoms with van der Waals surface area (Å²) in [6.07, 6.45) is 1.50.